The molecule has 0 aliphatic carbocycles. The third-order valence-corrected chi connectivity index (χ3v) is 7.91. The number of anilines is 1. The van der Waals surface area contributed by atoms with Gasteiger partial charge in [-0.25, -0.2) is 0 Å². The fourth-order valence-electron chi connectivity index (χ4n) is 4.64. The maximum Gasteiger partial charge on any atom is 0.297 e. The number of ether oxygens (including phenoxy) is 1. The van der Waals surface area contributed by atoms with E-state index >= 15 is 0 Å². The summed E-state index contributed by atoms with van der Waals surface area (Å²) in [6, 6.07) is 12.1. The second kappa shape index (κ2) is 9.94. The Hall–Kier alpha value is -2.24. The van der Waals surface area contributed by atoms with E-state index in [1.807, 2.05) is 24.3 Å². The molecule has 0 radical (unpaired) electrons. The quantitative estimate of drug-likeness (QED) is 0.340. The molecule has 2 heterocycles. The van der Waals surface area contributed by atoms with Crippen LogP contribution in [0.4, 0.5) is 11.4 Å². The van der Waals surface area contributed by atoms with Crippen LogP contribution in [0.3, 0.4) is 0 Å². The largest absolute Gasteiger partial charge is 0.371 e. The first-order valence-corrected chi connectivity index (χ1v) is 12.5. The molecule has 1 atom stereocenters. The van der Waals surface area contributed by atoms with Gasteiger partial charge in [0.05, 0.1) is 24.2 Å². The molecule has 2 aliphatic heterocycles. The predicted octanol–water partition coefficient (Wildman–Crippen LogP) is 3.63. The van der Waals surface area contributed by atoms with Gasteiger partial charge in [-0.1, -0.05) is 17.7 Å². The van der Waals surface area contributed by atoms with Crippen molar-refractivity contribution in [2.24, 2.45) is 0 Å². The molecule has 2 aromatic carbocycles. The van der Waals surface area contributed by atoms with Crippen LogP contribution < -0.4 is 4.90 Å². The molecule has 4 rings (SSSR count). The Labute approximate surface area is 198 Å². The lowest BCUT2D eigenvalue weighted by Crippen LogP contribution is -2.50. The summed E-state index contributed by atoms with van der Waals surface area (Å²) in [5.41, 5.74) is 0.900. The molecule has 11 heteroatoms. The van der Waals surface area contributed by atoms with E-state index in [0.29, 0.717) is 24.7 Å². The summed E-state index contributed by atoms with van der Waals surface area (Å²) in [6.45, 7) is 3.19. The van der Waals surface area contributed by atoms with Crippen molar-refractivity contribution in [1.29, 1.82) is 0 Å². The fraction of sp³-hybridized carbons (Fsp3) is 0.455. The van der Waals surface area contributed by atoms with Crippen LogP contribution in [0.25, 0.3) is 0 Å². The molecule has 9 nitrogen and oxygen atoms in total. The number of piperidine rings is 1. The molecular weight excluding hydrogens is 470 g/mol. The Morgan fingerprint density at radius 1 is 1.12 bits per heavy atom. The van der Waals surface area contributed by atoms with Crippen LogP contribution in [0, 0.1) is 10.1 Å². The third kappa shape index (κ3) is 5.15. The summed E-state index contributed by atoms with van der Waals surface area (Å²) < 4.78 is 35.5. The van der Waals surface area contributed by atoms with Gasteiger partial charge in [-0.05, 0) is 43.2 Å². The summed E-state index contributed by atoms with van der Waals surface area (Å²) in [5.74, 6) is 0. The number of benzene rings is 2. The molecule has 0 spiro atoms. The Bertz CT molecular complexity index is 1100. The molecule has 2 fully saturated rings. The predicted molar refractivity (Wildman–Crippen MR) is 124 cm³/mol. The van der Waals surface area contributed by atoms with Crippen molar-refractivity contribution < 1.29 is 22.3 Å². The summed E-state index contributed by atoms with van der Waals surface area (Å²) in [5, 5.41) is 12.4. The van der Waals surface area contributed by atoms with E-state index in [2.05, 4.69) is 14.0 Å². The lowest BCUT2D eigenvalue weighted by Gasteiger charge is -2.43. The standard InChI is InChI=1S/C22H26ClN3O6S/c1-31-33(29,30)21-4-2-3-19(26(27)28)22(21)20-15-25(13-14-32-20)18-9-11-24(12-10-18)17-7-5-16(23)6-8-17/h2-8,18,20H,9-15H2,1H3. The van der Waals surface area contributed by atoms with Crippen LogP contribution in [0.1, 0.15) is 24.5 Å². The Morgan fingerprint density at radius 3 is 2.45 bits per heavy atom. The molecule has 33 heavy (non-hydrogen) atoms. The van der Waals surface area contributed by atoms with Gasteiger partial charge in [0.1, 0.15) is 11.0 Å². The van der Waals surface area contributed by atoms with Crippen molar-refractivity contribution in [3.8, 4) is 0 Å². The first-order valence-electron chi connectivity index (χ1n) is 10.7. The second-order valence-corrected chi connectivity index (χ2v) is 10.2. The summed E-state index contributed by atoms with van der Waals surface area (Å²) in [6.07, 6.45) is 1.11. The second-order valence-electron chi connectivity index (χ2n) is 8.12. The average molecular weight is 496 g/mol. The molecule has 178 valence electrons. The molecular formula is C22H26ClN3O6S. The van der Waals surface area contributed by atoms with E-state index in [4.69, 9.17) is 16.3 Å². The van der Waals surface area contributed by atoms with E-state index in [-0.39, 0.29) is 22.2 Å². The van der Waals surface area contributed by atoms with Gasteiger partial charge in [-0.3, -0.25) is 19.2 Å². The van der Waals surface area contributed by atoms with Crippen molar-refractivity contribution in [2.75, 3.05) is 44.8 Å². The van der Waals surface area contributed by atoms with Gasteiger partial charge < -0.3 is 9.64 Å². The molecule has 0 aromatic heterocycles. The normalized spacial score (nSPS) is 20.7. The van der Waals surface area contributed by atoms with Crippen molar-refractivity contribution in [2.45, 2.75) is 29.9 Å². The highest BCUT2D eigenvalue weighted by molar-refractivity contribution is 7.86. The summed E-state index contributed by atoms with van der Waals surface area (Å²) in [4.78, 5) is 15.5. The maximum atomic E-state index is 12.5. The first-order chi connectivity index (χ1) is 15.8. The van der Waals surface area contributed by atoms with Crippen LogP contribution >= 0.6 is 11.6 Å². The van der Waals surface area contributed by atoms with Crippen molar-refractivity contribution in [1.82, 2.24) is 4.90 Å². The first kappa shape index (κ1) is 23.9. The molecule has 0 N–H and O–H groups in total. The highest BCUT2D eigenvalue weighted by Gasteiger charge is 2.37. The Kier molecular flexibility index (Phi) is 7.20. The number of hydrogen-bond acceptors (Lipinski definition) is 8. The zero-order valence-electron chi connectivity index (χ0n) is 18.2. The van der Waals surface area contributed by atoms with Gasteiger partial charge in [-0.2, -0.15) is 8.42 Å². The van der Waals surface area contributed by atoms with E-state index in [1.54, 1.807) is 0 Å². The van der Waals surface area contributed by atoms with Gasteiger partial charge >= 0.3 is 0 Å². The van der Waals surface area contributed by atoms with Crippen LogP contribution in [0.15, 0.2) is 47.4 Å². The Morgan fingerprint density at radius 2 is 1.82 bits per heavy atom. The zero-order chi connectivity index (χ0) is 23.6. The summed E-state index contributed by atoms with van der Waals surface area (Å²) >= 11 is 5.99. The minimum absolute atomic E-state index is 0.0488. The number of nitro benzene ring substituents is 1. The van der Waals surface area contributed by atoms with Gasteiger partial charge in [0, 0.05) is 49.0 Å². The number of nitrogens with zero attached hydrogens (tertiary/aromatic N) is 3. The van der Waals surface area contributed by atoms with Crippen LogP contribution in [-0.2, 0) is 19.0 Å². The SMILES string of the molecule is COS(=O)(=O)c1cccc([N+](=O)[O-])c1C1CN(C2CCN(c3ccc(Cl)cc3)CC2)CCO1. The Balaban J connectivity index is 1.52. The van der Waals surface area contributed by atoms with Crippen molar-refractivity contribution in [3.63, 3.8) is 0 Å². The highest BCUT2D eigenvalue weighted by Crippen LogP contribution is 2.37. The molecule has 2 aromatic rings. The van der Waals surface area contributed by atoms with Crippen LogP contribution in [0.2, 0.25) is 5.02 Å². The molecule has 2 saturated heterocycles. The van der Waals surface area contributed by atoms with E-state index in [1.165, 1.54) is 18.2 Å². The van der Waals surface area contributed by atoms with E-state index in [9.17, 15) is 18.5 Å². The molecule has 0 bridgehead atoms. The van der Waals surface area contributed by atoms with E-state index in [0.717, 1.165) is 38.7 Å². The monoisotopic (exact) mass is 495 g/mol. The minimum atomic E-state index is -4.14. The molecule has 2 aliphatic rings. The van der Waals surface area contributed by atoms with Gasteiger partial charge in [0.2, 0.25) is 0 Å². The number of hydrogen-bond donors (Lipinski definition) is 0. The minimum Gasteiger partial charge on any atom is -0.371 e. The molecule has 0 saturated carbocycles. The number of rotatable bonds is 6. The van der Waals surface area contributed by atoms with Crippen molar-refractivity contribution in [3.05, 3.63) is 63.2 Å². The van der Waals surface area contributed by atoms with Gasteiger partial charge in [0.25, 0.3) is 15.8 Å². The molecule has 1 unspecified atom stereocenters. The number of nitro groups is 1. The molecule has 0 amide bonds. The van der Waals surface area contributed by atoms with Crippen LogP contribution in [0.5, 0.6) is 0 Å². The smallest absolute Gasteiger partial charge is 0.297 e. The van der Waals surface area contributed by atoms with E-state index < -0.39 is 21.1 Å². The van der Waals surface area contributed by atoms with Crippen LogP contribution in [-0.4, -0.2) is 64.2 Å². The van der Waals surface area contributed by atoms with Gasteiger partial charge in [0.15, 0.2) is 0 Å². The number of morpholine rings is 1. The number of halogens is 1. The average Bonchev–Trinajstić information content (AvgIpc) is 2.84. The lowest BCUT2D eigenvalue weighted by molar-refractivity contribution is -0.386. The fourth-order valence-corrected chi connectivity index (χ4v) is 5.70. The maximum absolute atomic E-state index is 12.5. The summed E-state index contributed by atoms with van der Waals surface area (Å²) in [7, 11) is -3.09. The third-order valence-electron chi connectivity index (χ3n) is 6.32. The van der Waals surface area contributed by atoms with Crippen molar-refractivity contribution >= 4 is 33.1 Å². The zero-order valence-corrected chi connectivity index (χ0v) is 19.8. The van der Waals surface area contributed by atoms with Gasteiger partial charge in [-0.15, -0.1) is 0 Å². The topological polar surface area (TPSA) is 102 Å². The highest BCUT2D eigenvalue weighted by atomic mass is 35.5. The lowest BCUT2D eigenvalue weighted by atomic mass is 9.99.